The molecule has 128 valence electrons. The van der Waals surface area contributed by atoms with Crippen LogP contribution >= 0.6 is 0 Å². The molecule has 0 bridgehead atoms. The van der Waals surface area contributed by atoms with E-state index in [4.69, 9.17) is 4.74 Å². The Morgan fingerprint density at radius 2 is 1.91 bits per heavy atom. The van der Waals surface area contributed by atoms with Gasteiger partial charge in [0.1, 0.15) is 17.5 Å². The summed E-state index contributed by atoms with van der Waals surface area (Å²) in [5.74, 6) is -1.02. The first-order valence-corrected chi connectivity index (χ1v) is 9.37. The van der Waals surface area contributed by atoms with Crippen LogP contribution in [-0.4, -0.2) is 37.5 Å². The van der Waals surface area contributed by atoms with Crippen LogP contribution in [0.25, 0.3) is 0 Å². The molecule has 0 aromatic heterocycles. The van der Waals surface area contributed by atoms with Crippen LogP contribution in [0.2, 0.25) is 0 Å². The van der Waals surface area contributed by atoms with Gasteiger partial charge in [-0.1, -0.05) is 18.2 Å². The number of nitrogens with one attached hydrogen (secondary N) is 1. The molecule has 1 saturated heterocycles. The first-order valence-electron chi connectivity index (χ1n) is 7.41. The van der Waals surface area contributed by atoms with E-state index in [1.807, 2.05) is 0 Å². The van der Waals surface area contributed by atoms with Gasteiger partial charge in [-0.25, -0.2) is 12.8 Å². The molecule has 1 aromatic carbocycles. The maximum Gasteiger partial charge on any atom is 0.323 e. The molecule has 5 nitrogen and oxygen atoms in total. The first kappa shape index (κ1) is 17.9. The van der Waals surface area contributed by atoms with Crippen LogP contribution in [0.5, 0.6) is 0 Å². The van der Waals surface area contributed by atoms with Gasteiger partial charge in [0.2, 0.25) is 0 Å². The highest BCUT2D eigenvalue weighted by atomic mass is 32.2. The number of hydrogen-bond donors (Lipinski definition) is 1. The third-order valence-corrected chi connectivity index (χ3v) is 5.27. The number of esters is 1. The lowest BCUT2D eigenvalue weighted by Gasteiger charge is -2.22. The molecule has 1 N–H and O–H groups in total. The molecule has 1 heterocycles. The number of sulfone groups is 1. The van der Waals surface area contributed by atoms with Gasteiger partial charge in [0.05, 0.1) is 11.3 Å². The van der Waals surface area contributed by atoms with Gasteiger partial charge in [-0.2, -0.15) is 0 Å². The zero-order valence-electron chi connectivity index (χ0n) is 13.7. The zero-order valence-corrected chi connectivity index (χ0v) is 14.5. The highest BCUT2D eigenvalue weighted by Crippen LogP contribution is 2.34. The van der Waals surface area contributed by atoms with Crippen LogP contribution < -0.4 is 5.32 Å². The zero-order chi connectivity index (χ0) is 17.4. The van der Waals surface area contributed by atoms with E-state index >= 15 is 0 Å². The minimum absolute atomic E-state index is 0.0622. The molecule has 1 aliphatic rings. The van der Waals surface area contributed by atoms with Crippen molar-refractivity contribution in [2.75, 3.05) is 6.26 Å². The van der Waals surface area contributed by atoms with E-state index in [9.17, 15) is 17.6 Å². The number of ether oxygens (including phenoxy) is 1. The molecule has 3 atom stereocenters. The first-order chi connectivity index (χ1) is 10.5. The lowest BCUT2D eigenvalue weighted by molar-refractivity contribution is -0.157. The van der Waals surface area contributed by atoms with Crippen LogP contribution in [0.4, 0.5) is 4.39 Å². The Balaban J connectivity index is 2.31. The quantitative estimate of drug-likeness (QED) is 0.850. The Morgan fingerprint density at radius 1 is 1.30 bits per heavy atom. The molecule has 23 heavy (non-hydrogen) atoms. The molecule has 2 rings (SSSR count). The van der Waals surface area contributed by atoms with Gasteiger partial charge in [0, 0.05) is 11.8 Å². The number of rotatable bonds is 3. The molecule has 0 amide bonds. The van der Waals surface area contributed by atoms with Gasteiger partial charge in [0.25, 0.3) is 0 Å². The third-order valence-electron chi connectivity index (χ3n) is 3.70. The highest BCUT2D eigenvalue weighted by molar-refractivity contribution is 7.91. The summed E-state index contributed by atoms with van der Waals surface area (Å²) in [6.45, 7) is 5.22. The third kappa shape index (κ3) is 4.29. The van der Waals surface area contributed by atoms with Crippen molar-refractivity contribution in [3.8, 4) is 0 Å². The van der Waals surface area contributed by atoms with Crippen molar-refractivity contribution in [2.24, 2.45) is 0 Å². The van der Waals surface area contributed by atoms with Gasteiger partial charge in [-0.3, -0.25) is 10.1 Å². The van der Waals surface area contributed by atoms with Gasteiger partial charge >= 0.3 is 5.97 Å². The van der Waals surface area contributed by atoms with E-state index in [1.54, 1.807) is 26.8 Å². The van der Waals surface area contributed by atoms with E-state index in [1.165, 1.54) is 18.2 Å². The van der Waals surface area contributed by atoms with Crippen molar-refractivity contribution < 1.29 is 22.3 Å². The minimum atomic E-state index is -3.46. The fourth-order valence-corrected chi connectivity index (χ4v) is 4.00. The minimum Gasteiger partial charge on any atom is -0.459 e. The van der Waals surface area contributed by atoms with E-state index in [0.717, 1.165) is 6.26 Å². The second-order valence-corrected chi connectivity index (χ2v) is 9.12. The predicted molar refractivity (Wildman–Crippen MR) is 85.2 cm³/mol. The molecular weight excluding hydrogens is 321 g/mol. The largest absolute Gasteiger partial charge is 0.459 e. The second kappa shape index (κ2) is 6.20. The van der Waals surface area contributed by atoms with Crippen LogP contribution in [0, 0.1) is 5.82 Å². The normalized spacial score (nSPS) is 25.3. The fraction of sp³-hybridized carbons (Fsp3) is 0.562. The Morgan fingerprint density at radius 3 is 2.43 bits per heavy atom. The predicted octanol–water partition coefficient (Wildman–Crippen LogP) is 1.98. The Bertz CT molecular complexity index is 696. The van der Waals surface area contributed by atoms with Crippen molar-refractivity contribution in [1.82, 2.24) is 5.32 Å². The van der Waals surface area contributed by atoms with Crippen molar-refractivity contribution >= 4 is 15.8 Å². The van der Waals surface area contributed by atoms with Crippen LogP contribution in [0.3, 0.4) is 0 Å². The SMILES string of the molecule is CC(C)(C)OC(=O)C1CC(S(C)(=O)=O)C(c2ccccc2F)N1. The average molecular weight is 343 g/mol. The molecular formula is C16H22FNO4S. The van der Waals surface area contributed by atoms with E-state index < -0.39 is 44.6 Å². The topological polar surface area (TPSA) is 72.5 Å². The molecule has 0 radical (unpaired) electrons. The van der Waals surface area contributed by atoms with Crippen LogP contribution in [0.15, 0.2) is 24.3 Å². The van der Waals surface area contributed by atoms with Gasteiger partial charge in [-0.05, 0) is 33.3 Å². The summed E-state index contributed by atoms with van der Waals surface area (Å²) in [6, 6.07) is 4.43. The highest BCUT2D eigenvalue weighted by Gasteiger charge is 2.45. The summed E-state index contributed by atoms with van der Waals surface area (Å²) < 4.78 is 43.5. The summed E-state index contributed by atoms with van der Waals surface area (Å²) in [5, 5.41) is 2.06. The monoisotopic (exact) mass is 343 g/mol. The van der Waals surface area contributed by atoms with Crippen molar-refractivity contribution in [3.05, 3.63) is 35.6 Å². The number of halogens is 1. The standard InChI is InChI=1S/C16H22FNO4S/c1-16(2,3)22-15(19)12-9-13(23(4,20)21)14(18-12)10-7-5-6-8-11(10)17/h5-8,12-14,18H,9H2,1-4H3. The maximum atomic E-state index is 14.1. The average Bonchev–Trinajstić information content (AvgIpc) is 2.82. The molecule has 0 aliphatic carbocycles. The van der Waals surface area contributed by atoms with Crippen molar-refractivity contribution in [3.63, 3.8) is 0 Å². The molecule has 0 saturated carbocycles. The van der Waals surface area contributed by atoms with Crippen molar-refractivity contribution in [1.29, 1.82) is 0 Å². The Hall–Kier alpha value is -1.47. The van der Waals surface area contributed by atoms with E-state index in [2.05, 4.69) is 5.32 Å². The molecule has 0 spiro atoms. The summed E-state index contributed by atoms with van der Waals surface area (Å²) in [4.78, 5) is 12.2. The summed E-state index contributed by atoms with van der Waals surface area (Å²) in [6.07, 6.45) is 1.16. The summed E-state index contributed by atoms with van der Waals surface area (Å²) >= 11 is 0. The number of carbonyl (C=O) groups is 1. The van der Waals surface area contributed by atoms with E-state index in [0.29, 0.717) is 0 Å². The molecule has 3 unspecified atom stereocenters. The smallest absolute Gasteiger partial charge is 0.323 e. The summed E-state index contributed by atoms with van der Waals surface area (Å²) in [7, 11) is -3.46. The maximum absolute atomic E-state index is 14.1. The fourth-order valence-electron chi connectivity index (χ4n) is 2.74. The second-order valence-electron chi connectivity index (χ2n) is 6.86. The number of hydrogen-bond acceptors (Lipinski definition) is 5. The van der Waals surface area contributed by atoms with Gasteiger partial charge < -0.3 is 4.74 Å². The lowest BCUT2D eigenvalue weighted by atomic mass is 10.0. The Kier molecular flexibility index (Phi) is 4.82. The molecule has 1 aromatic rings. The lowest BCUT2D eigenvalue weighted by Crippen LogP contribution is -2.38. The molecule has 1 fully saturated rings. The van der Waals surface area contributed by atoms with E-state index in [-0.39, 0.29) is 12.0 Å². The molecule has 1 aliphatic heterocycles. The van der Waals surface area contributed by atoms with Crippen LogP contribution in [-0.2, 0) is 19.4 Å². The number of carbonyl (C=O) groups excluding carboxylic acids is 1. The van der Waals surface area contributed by atoms with Crippen LogP contribution in [0.1, 0.15) is 38.8 Å². The van der Waals surface area contributed by atoms with Gasteiger partial charge in [-0.15, -0.1) is 0 Å². The Labute approximate surface area is 136 Å². The molecule has 7 heteroatoms. The number of benzene rings is 1. The summed E-state index contributed by atoms with van der Waals surface area (Å²) in [5.41, 5.74) is -0.427. The van der Waals surface area contributed by atoms with Gasteiger partial charge in [0.15, 0.2) is 9.84 Å². The van der Waals surface area contributed by atoms with Crippen molar-refractivity contribution in [2.45, 2.75) is 50.1 Å².